The van der Waals surface area contributed by atoms with E-state index in [9.17, 15) is 0 Å². The molecular weight excluding hydrogens is 76.1 g/mol. The third-order valence-electron chi connectivity index (χ3n) is 0. The number of hydrogen-bond acceptors (Lipinski definition) is 0. The normalized spacial score (nSPS) is 8.50. The van der Waals surface area contributed by atoms with E-state index in [4.69, 9.17) is 0 Å². The molecule has 0 aromatic carbocycles. The van der Waals surface area contributed by atoms with Gasteiger partial charge in [-0.25, -0.2) is 0 Å². The summed E-state index contributed by atoms with van der Waals surface area (Å²) in [4.78, 5) is 0. The van der Waals surface area contributed by atoms with Gasteiger partial charge in [0.1, 0.15) is 0 Å². The van der Waals surface area contributed by atoms with E-state index in [-0.39, 0.29) is 0 Å². The Kier molecular flexibility index (Phi) is 3.28. The standard InChI is InChI=1S/C3H7.Ca/c1-3-2;/h3H,1-2H3;. The van der Waals surface area contributed by atoms with Crippen LogP contribution in [-0.2, 0) is 0 Å². The van der Waals surface area contributed by atoms with Crippen molar-refractivity contribution >= 4 is 35.8 Å². The van der Waals surface area contributed by atoms with Crippen LogP contribution in [0.2, 0.25) is 2.01 Å². The summed E-state index contributed by atoms with van der Waals surface area (Å²) < 4.78 is 0.958. The molecule has 0 aromatic heterocycles. The molecule has 0 fully saturated rings. The summed E-state index contributed by atoms with van der Waals surface area (Å²) in [5.41, 5.74) is 0. The van der Waals surface area contributed by atoms with Crippen LogP contribution in [0.3, 0.4) is 0 Å². The van der Waals surface area contributed by atoms with Crippen molar-refractivity contribution in [2.24, 2.45) is 0 Å². The van der Waals surface area contributed by atoms with Gasteiger partial charge >= 0.3 is 51.7 Å². The van der Waals surface area contributed by atoms with Crippen LogP contribution in [0, 0.1) is 0 Å². The van der Waals surface area contributed by atoms with Crippen molar-refractivity contribution in [1.82, 2.24) is 0 Å². The third kappa shape index (κ3) is 10.5. The zero-order valence-electron chi connectivity index (χ0n) is 3.28. The van der Waals surface area contributed by atoms with Crippen LogP contribution in [0.1, 0.15) is 13.8 Å². The van der Waals surface area contributed by atoms with Crippen molar-refractivity contribution in [1.29, 1.82) is 0 Å². The van der Waals surface area contributed by atoms with Crippen LogP contribution in [0.5, 0.6) is 0 Å². The van der Waals surface area contributed by atoms with Gasteiger partial charge in [-0.3, -0.25) is 0 Å². The van der Waals surface area contributed by atoms with Gasteiger partial charge in [0.15, 0.2) is 0 Å². The summed E-state index contributed by atoms with van der Waals surface area (Å²) in [6, 6.07) is 0. The van der Waals surface area contributed by atoms with E-state index in [2.05, 4.69) is 13.8 Å². The van der Waals surface area contributed by atoms with Gasteiger partial charge in [0.05, 0.1) is 0 Å². The summed E-state index contributed by atoms with van der Waals surface area (Å²) in [6.45, 7) is 4.44. The average molecular weight is 83.2 g/mol. The molecule has 0 nitrogen and oxygen atoms in total. The van der Waals surface area contributed by atoms with Gasteiger partial charge in [-0.05, 0) is 0 Å². The molecule has 0 saturated heterocycles. The Balaban J connectivity index is 2.32. The topological polar surface area (TPSA) is 0 Å². The maximum atomic E-state index is 2.22. The molecule has 0 aliphatic rings. The molecule has 0 rings (SSSR count). The maximum absolute atomic E-state index is 2.22. The Bertz CT molecular complexity index is 8.00. The Hall–Kier alpha value is 1.26. The summed E-state index contributed by atoms with van der Waals surface area (Å²) in [5, 5.41) is 0. The van der Waals surface area contributed by atoms with Crippen molar-refractivity contribution < 1.29 is 0 Å². The van der Waals surface area contributed by atoms with E-state index in [1.807, 2.05) is 0 Å². The fourth-order valence-electron chi connectivity index (χ4n) is 0. The minimum atomic E-state index is 0.958. The summed E-state index contributed by atoms with van der Waals surface area (Å²) in [5.74, 6) is 0. The Labute approximate surface area is 51.2 Å². The van der Waals surface area contributed by atoms with E-state index >= 15 is 0 Å². The second kappa shape index (κ2) is 2.49. The van der Waals surface area contributed by atoms with Crippen LogP contribution in [0.15, 0.2) is 0 Å². The van der Waals surface area contributed by atoms with Crippen molar-refractivity contribution in [3.05, 3.63) is 0 Å². The second-order valence-corrected chi connectivity index (χ2v) is 3.94. The van der Waals surface area contributed by atoms with Crippen molar-refractivity contribution in [3.8, 4) is 0 Å². The minimum absolute atomic E-state index is 0.958. The molecule has 0 spiro atoms. The first-order valence-corrected chi connectivity index (χ1v) is 2.84. The third-order valence-corrected chi connectivity index (χ3v) is 0. The Morgan fingerprint density at radius 2 is 1.50 bits per heavy atom. The molecule has 0 bridgehead atoms. The van der Waals surface area contributed by atoms with Crippen molar-refractivity contribution in [3.63, 3.8) is 0 Å². The molecule has 4 heavy (non-hydrogen) atoms. The Morgan fingerprint density at radius 3 is 1.50 bits per heavy atom. The first kappa shape index (κ1) is 5.26. The first-order chi connectivity index (χ1) is 1.73. The summed E-state index contributed by atoms with van der Waals surface area (Å²) in [7, 11) is 0. The van der Waals surface area contributed by atoms with E-state index < -0.39 is 0 Å². The Morgan fingerprint density at radius 1 is 1.50 bits per heavy atom. The van der Waals surface area contributed by atoms with E-state index in [1.54, 1.807) is 0 Å². The summed E-state index contributed by atoms with van der Waals surface area (Å²) >= 11 is 1.43. The van der Waals surface area contributed by atoms with Gasteiger partial charge in [0.25, 0.3) is 0 Å². The van der Waals surface area contributed by atoms with E-state index in [0.29, 0.717) is 0 Å². The van der Waals surface area contributed by atoms with Gasteiger partial charge < -0.3 is 0 Å². The quantitative estimate of drug-likeness (QED) is 0.383. The van der Waals surface area contributed by atoms with Gasteiger partial charge in [-0.1, -0.05) is 0 Å². The second-order valence-electron chi connectivity index (χ2n) is 1.39. The molecule has 1 radical (unpaired) electrons. The molecule has 21 valence electrons. The molecule has 0 unspecified atom stereocenters. The average Bonchev–Trinajstić information content (AvgIpc) is 0.811. The zero-order chi connectivity index (χ0) is 3.58. The van der Waals surface area contributed by atoms with Gasteiger partial charge in [-0.15, -0.1) is 0 Å². The van der Waals surface area contributed by atoms with Crippen LogP contribution < -0.4 is 0 Å². The van der Waals surface area contributed by atoms with Crippen LogP contribution in [0.4, 0.5) is 0 Å². The van der Waals surface area contributed by atoms with Crippen LogP contribution in [0.25, 0.3) is 0 Å². The van der Waals surface area contributed by atoms with Crippen LogP contribution in [-0.4, -0.2) is 35.8 Å². The number of hydrogen-bond donors (Lipinski definition) is 0. The predicted octanol–water partition coefficient (Wildman–Crippen LogP) is 0.983. The monoisotopic (exact) mass is 83.0 g/mol. The fraction of sp³-hybridized carbons (Fsp3) is 1.00. The molecule has 0 saturated carbocycles. The van der Waals surface area contributed by atoms with Crippen molar-refractivity contribution in [2.45, 2.75) is 15.9 Å². The zero-order valence-corrected chi connectivity index (χ0v) is 5.49. The molecule has 0 aliphatic heterocycles. The molecule has 0 aliphatic carbocycles. The van der Waals surface area contributed by atoms with Crippen molar-refractivity contribution in [2.75, 3.05) is 0 Å². The molecule has 1 heteroatoms. The molecule has 0 heterocycles. The predicted molar refractivity (Wildman–Crippen MR) is 20.9 cm³/mol. The first-order valence-electron chi connectivity index (χ1n) is 1.56. The van der Waals surface area contributed by atoms with E-state index in [1.165, 1.54) is 35.8 Å². The molecule has 0 N–H and O–H groups in total. The molecule has 0 atom stereocenters. The van der Waals surface area contributed by atoms with Gasteiger partial charge in [0, 0.05) is 0 Å². The summed E-state index contributed by atoms with van der Waals surface area (Å²) in [6.07, 6.45) is 0. The van der Waals surface area contributed by atoms with Gasteiger partial charge in [-0.2, -0.15) is 0 Å². The van der Waals surface area contributed by atoms with Gasteiger partial charge in [0.2, 0.25) is 0 Å². The molecular formula is C3H7Ca. The number of rotatable bonds is 0. The molecule has 0 amide bonds. The SMILES string of the molecule is C[CH](C)[Ca]. The van der Waals surface area contributed by atoms with E-state index in [0.717, 1.165) is 2.01 Å². The van der Waals surface area contributed by atoms with Crippen LogP contribution >= 0.6 is 0 Å². The fourth-order valence-corrected chi connectivity index (χ4v) is 0. The molecule has 0 aromatic rings.